The molecule has 1 aromatic carbocycles. The van der Waals surface area contributed by atoms with E-state index in [0.29, 0.717) is 12.0 Å². The van der Waals surface area contributed by atoms with Crippen molar-refractivity contribution >= 4 is 0 Å². The van der Waals surface area contributed by atoms with E-state index in [1.165, 1.54) is 11.1 Å². The van der Waals surface area contributed by atoms with Gasteiger partial charge in [-0.05, 0) is 30.5 Å². The minimum atomic E-state index is 0.496. The Balaban J connectivity index is 2.81. The average Bonchev–Trinajstić information content (AvgIpc) is 2.20. The SMILES string of the molecule is CC[C@@H](NC)c1ccc(C(C)C)cc1. The zero-order chi connectivity index (χ0) is 10.6. The lowest BCUT2D eigenvalue weighted by Gasteiger charge is -2.15. The average molecular weight is 191 g/mol. The van der Waals surface area contributed by atoms with E-state index >= 15 is 0 Å². The van der Waals surface area contributed by atoms with Gasteiger partial charge in [0.1, 0.15) is 0 Å². The maximum atomic E-state index is 3.32. The molecule has 1 aromatic rings. The molecule has 1 heteroatoms. The summed E-state index contributed by atoms with van der Waals surface area (Å²) in [5.41, 5.74) is 2.80. The van der Waals surface area contributed by atoms with E-state index in [0.717, 1.165) is 6.42 Å². The highest BCUT2D eigenvalue weighted by atomic mass is 14.9. The summed E-state index contributed by atoms with van der Waals surface area (Å²) < 4.78 is 0. The summed E-state index contributed by atoms with van der Waals surface area (Å²) >= 11 is 0. The van der Waals surface area contributed by atoms with Crippen molar-refractivity contribution in [2.24, 2.45) is 0 Å². The first kappa shape index (κ1) is 11.3. The third-order valence-corrected chi connectivity index (χ3v) is 2.76. The van der Waals surface area contributed by atoms with Crippen LogP contribution in [-0.4, -0.2) is 7.05 Å². The second-order valence-electron chi connectivity index (χ2n) is 4.07. The quantitative estimate of drug-likeness (QED) is 0.768. The predicted octanol–water partition coefficient (Wildman–Crippen LogP) is 3.48. The van der Waals surface area contributed by atoms with Gasteiger partial charge in [0.15, 0.2) is 0 Å². The van der Waals surface area contributed by atoms with Crippen LogP contribution in [0.15, 0.2) is 24.3 Å². The molecule has 0 aliphatic heterocycles. The van der Waals surface area contributed by atoms with Gasteiger partial charge in [0.25, 0.3) is 0 Å². The van der Waals surface area contributed by atoms with Gasteiger partial charge < -0.3 is 5.32 Å². The lowest BCUT2D eigenvalue weighted by Crippen LogP contribution is -2.15. The minimum Gasteiger partial charge on any atom is -0.313 e. The van der Waals surface area contributed by atoms with Gasteiger partial charge in [0, 0.05) is 6.04 Å². The van der Waals surface area contributed by atoms with Crippen molar-refractivity contribution < 1.29 is 0 Å². The molecule has 1 rings (SSSR count). The smallest absolute Gasteiger partial charge is 0.0314 e. The molecule has 0 aliphatic rings. The standard InChI is InChI=1S/C13H21N/c1-5-13(14-4)12-8-6-11(7-9-12)10(2)3/h6-10,13-14H,5H2,1-4H3/t13-/m1/s1. The summed E-state index contributed by atoms with van der Waals surface area (Å²) in [6.07, 6.45) is 1.14. The summed E-state index contributed by atoms with van der Waals surface area (Å²) in [5.74, 6) is 0.624. The van der Waals surface area contributed by atoms with Gasteiger partial charge in [-0.3, -0.25) is 0 Å². The Morgan fingerprint density at radius 2 is 1.57 bits per heavy atom. The first-order valence-corrected chi connectivity index (χ1v) is 5.46. The summed E-state index contributed by atoms with van der Waals surface area (Å²) in [7, 11) is 2.02. The second kappa shape index (κ2) is 5.16. The van der Waals surface area contributed by atoms with E-state index in [-0.39, 0.29) is 0 Å². The molecule has 0 heterocycles. The van der Waals surface area contributed by atoms with Crippen LogP contribution in [-0.2, 0) is 0 Å². The summed E-state index contributed by atoms with van der Waals surface area (Å²) in [5, 5.41) is 3.32. The van der Waals surface area contributed by atoms with E-state index in [1.807, 2.05) is 7.05 Å². The van der Waals surface area contributed by atoms with E-state index < -0.39 is 0 Å². The van der Waals surface area contributed by atoms with Gasteiger partial charge in [-0.2, -0.15) is 0 Å². The Morgan fingerprint density at radius 1 is 1.07 bits per heavy atom. The Kier molecular flexibility index (Phi) is 4.15. The fraction of sp³-hybridized carbons (Fsp3) is 0.538. The van der Waals surface area contributed by atoms with Crippen LogP contribution in [0.25, 0.3) is 0 Å². The highest BCUT2D eigenvalue weighted by Crippen LogP contribution is 2.20. The lowest BCUT2D eigenvalue weighted by molar-refractivity contribution is 0.576. The maximum Gasteiger partial charge on any atom is 0.0314 e. The predicted molar refractivity (Wildman–Crippen MR) is 62.6 cm³/mol. The van der Waals surface area contributed by atoms with Crippen molar-refractivity contribution in [3.8, 4) is 0 Å². The molecule has 0 amide bonds. The maximum absolute atomic E-state index is 3.32. The van der Waals surface area contributed by atoms with Gasteiger partial charge >= 0.3 is 0 Å². The van der Waals surface area contributed by atoms with Crippen LogP contribution in [0, 0.1) is 0 Å². The van der Waals surface area contributed by atoms with E-state index in [1.54, 1.807) is 0 Å². The molecule has 1 atom stereocenters. The van der Waals surface area contributed by atoms with Crippen molar-refractivity contribution in [1.82, 2.24) is 5.32 Å². The van der Waals surface area contributed by atoms with Gasteiger partial charge in [0.2, 0.25) is 0 Å². The van der Waals surface area contributed by atoms with Gasteiger partial charge in [-0.1, -0.05) is 45.0 Å². The normalized spacial score (nSPS) is 13.2. The molecule has 0 aliphatic carbocycles. The highest BCUT2D eigenvalue weighted by Gasteiger charge is 2.06. The van der Waals surface area contributed by atoms with Crippen molar-refractivity contribution in [3.05, 3.63) is 35.4 Å². The summed E-state index contributed by atoms with van der Waals surface area (Å²) in [6, 6.07) is 9.44. The fourth-order valence-electron chi connectivity index (χ4n) is 1.72. The van der Waals surface area contributed by atoms with Crippen LogP contribution in [0.5, 0.6) is 0 Å². The molecule has 78 valence electrons. The van der Waals surface area contributed by atoms with Crippen LogP contribution in [0.4, 0.5) is 0 Å². The van der Waals surface area contributed by atoms with Crippen molar-refractivity contribution in [2.75, 3.05) is 7.05 Å². The molecule has 0 radical (unpaired) electrons. The number of nitrogens with one attached hydrogen (secondary N) is 1. The van der Waals surface area contributed by atoms with Gasteiger partial charge in [-0.25, -0.2) is 0 Å². The zero-order valence-corrected chi connectivity index (χ0v) is 9.67. The molecule has 1 N–H and O–H groups in total. The molecule has 1 nitrogen and oxygen atoms in total. The van der Waals surface area contributed by atoms with Crippen molar-refractivity contribution in [3.63, 3.8) is 0 Å². The zero-order valence-electron chi connectivity index (χ0n) is 9.67. The van der Waals surface area contributed by atoms with Crippen LogP contribution < -0.4 is 5.32 Å². The molecule has 0 saturated heterocycles. The van der Waals surface area contributed by atoms with Crippen molar-refractivity contribution in [1.29, 1.82) is 0 Å². The lowest BCUT2D eigenvalue weighted by atomic mass is 9.98. The Labute approximate surface area is 87.5 Å². The van der Waals surface area contributed by atoms with Crippen LogP contribution >= 0.6 is 0 Å². The first-order chi connectivity index (χ1) is 6.69. The first-order valence-electron chi connectivity index (χ1n) is 5.46. The number of benzene rings is 1. The topological polar surface area (TPSA) is 12.0 Å². The van der Waals surface area contributed by atoms with E-state index in [9.17, 15) is 0 Å². The van der Waals surface area contributed by atoms with Crippen LogP contribution in [0.2, 0.25) is 0 Å². The van der Waals surface area contributed by atoms with Crippen LogP contribution in [0.3, 0.4) is 0 Å². The Bertz CT molecular complexity index is 257. The number of rotatable bonds is 4. The molecule has 0 unspecified atom stereocenters. The van der Waals surface area contributed by atoms with Crippen LogP contribution in [0.1, 0.15) is 50.3 Å². The van der Waals surface area contributed by atoms with Gasteiger partial charge in [-0.15, -0.1) is 0 Å². The third-order valence-electron chi connectivity index (χ3n) is 2.76. The summed E-state index contributed by atoms with van der Waals surface area (Å²) in [6.45, 7) is 6.66. The second-order valence-corrected chi connectivity index (χ2v) is 4.07. The van der Waals surface area contributed by atoms with Crippen molar-refractivity contribution in [2.45, 2.75) is 39.2 Å². The number of hydrogen-bond donors (Lipinski definition) is 1. The Morgan fingerprint density at radius 3 is 1.93 bits per heavy atom. The minimum absolute atomic E-state index is 0.496. The Hall–Kier alpha value is -0.820. The third kappa shape index (κ3) is 2.58. The highest BCUT2D eigenvalue weighted by molar-refractivity contribution is 5.26. The van der Waals surface area contributed by atoms with E-state index in [4.69, 9.17) is 0 Å². The molecule has 0 bridgehead atoms. The molecule has 0 fully saturated rings. The molecular formula is C13H21N. The largest absolute Gasteiger partial charge is 0.313 e. The molecule has 0 saturated carbocycles. The summed E-state index contributed by atoms with van der Waals surface area (Å²) in [4.78, 5) is 0. The fourth-order valence-corrected chi connectivity index (χ4v) is 1.72. The van der Waals surface area contributed by atoms with E-state index in [2.05, 4.69) is 50.4 Å². The molecule has 0 aromatic heterocycles. The number of hydrogen-bond acceptors (Lipinski definition) is 1. The van der Waals surface area contributed by atoms with Gasteiger partial charge in [0.05, 0.1) is 0 Å². The molecular weight excluding hydrogens is 170 g/mol. The molecule has 14 heavy (non-hydrogen) atoms. The molecule has 0 spiro atoms. The monoisotopic (exact) mass is 191 g/mol.